The minimum absolute atomic E-state index is 0.0539. The Morgan fingerprint density at radius 3 is 2.27 bits per heavy atom. The van der Waals surface area contributed by atoms with E-state index >= 15 is 0 Å². The Bertz CT molecular complexity index is 1340. The predicted molar refractivity (Wildman–Crippen MR) is 133 cm³/mol. The molecule has 0 aliphatic carbocycles. The van der Waals surface area contributed by atoms with Crippen molar-refractivity contribution >= 4 is 40.1 Å². The van der Waals surface area contributed by atoms with E-state index in [2.05, 4.69) is 14.9 Å². The molecule has 0 radical (unpaired) electrons. The number of halogens is 4. The molecule has 2 N–H and O–H groups in total. The molecule has 0 bridgehead atoms. The van der Waals surface area contributed by atoms with Gasteiger partial charge in [-0.05, 0) is 48.9 Å². The molecular formula is C25H24ClF3N6O2. The molecular weight excluding hydrogens is 509 g/mol. The molecule has 0 saturated carbocycles. The summed E-state index contributed by atoms with van der Waals surface area (Å²) in [5, 5.41) is 0.917. The fourth-order valence-corrected chi connectivity index (χ4v) is 5.06. The van der Waals surface area contributed by atoms with E-state index < -0.39 is 17.9 Å². The van der Waals surface area contributed by atoms with Crippen LogP contribution >= 0.6 is 11.6 Å². The number of carbonyl (C=O) groups is 2. The zero-order chi connectivity index (χ0) is 26.3. The molecule has 3 heterocycles. The van der Waals surface area contributed by atoms with E-state index in [1.54, 1.807) is 34.1 Å². The summed E-state index contributed by atoms with van der Waals surface area (Å²) in [6.45, 7) is 3.38. The molecule has 8 nitrogen and oxygen atoms in total. The molecule has 2 aliphatic heterocycles. The summed E-state index contributed by atoms with van der Waals surface area (Å²) >= 11 is 5.91. The van der Waals surface area contributed by atoms with Gasteiger partial charge < -0.3 is 15.5 Å². The van der Waals surface area contributed by atoms with Gasteiger partial charge in [0.15, 0.2) is 0 Å². The molecule has 2 saturated heterocycles. The maximum absolute atomic E-state index is 13.5. The number of anilines is 1. The normalized spacial score (nSPS) is 19.0. The summed E-state index contributed by atoms with van der Waals surface area (Å²) in [6.07, 6.45) is -3.98. The number of nitrogens with two attached hydrogens (primary N) is 1. The first-order valence-corrected chi connectivity index (χ1v) is 12.2. The van der Waals surface area contributed by atoms with Crippen molar-refractivity contribution in [3.8, 4) is 0 Å². The Balaban J connectivity index is 1.32. The van der Waals surface area contributed by atoms with Crippen LogP contribution in [-0.4, -0.2) is 76.9 Å². The van der Waals surface area contributed by atoms with Crippen LogP contribution in [0.25, 0.3) is 10.9 Å². The molecule has 1 aromatic heterocycles. The molecule has 2 aliphatic rings. The van der Waals surface area contributed by atoms with E-state index in [0.29, 0.717) is 55.2 Å². The lowest BCUT2D eigenvalue weighted by atomic mass is 10.1. The Labute approximate surface area is 215 Å². The number of alkyl halides is 3. The number of rotatable bonds is 4. The van der Waals surface area contributed by atoms with Gasteiger partial charge in [-0.1, -0.05) is 11.6 Å². The van der Waals surface area contributed by atoms with Crippen LogP contribution < -0.4 is 10.6 Å². The zero-order valence-corrected chi connectivity index (χ0v) is 20.5. The van der Waals surface area contributed by atoms with Crippen molar-refractivity contribution in [2.45, 2.75) is 18.6 Å². The van der Waals surface area contributed by atoms with Gasteiger partial charge in [-0.15, -0.1) is 0 Å². The molecule has 0 spiro atoms. The molecule has 1 atom stereocenters. The van der Waals surface area contributed by atoms with Crippen LogP contribution in [0.2, 0.25) is 5.02 Å². The smallest absolute Gasteiger partial charge is 0.366 e. The Kier molecular flexibility index (Phi) is 6.67. The first kappa shape index (κ1) is 25.2. The number of hydrogen-bond acceptors (Lipinski definition) is 6. The van der Waals surface area contributed by atoms with Gasteiger partial charge in [0.05, 0.1) is 5.52 Å². The maximum atomic E-state index is 13.5. The van der Waals surface area contributed by atoms with Crippen LogP contribution in [0.15, 0.2) is 42.5 Å². The number of carbonyl (C=O) groups excluding carboxylic acids is 2. The SMILES string of the molecule is NC(=O)c1ccc2nc(C(F)(F)F)nc(N3CC[C@H](N4CCN(C(=O)c5ccc(Cl)cc5)CC4)C3)c2c1. The summed E-state index contributed by atoms with van der Waals surface area (Å²) in [5.41, 5.74) is 6.24. The highest BCUT2D eigenvalue weighted by atomic mass is 35.5. The third-order valence-electron chi connectivity index (χ3n) is 6.89. The maximum Gasteiger partial charge on any atom is 0.451 e. The van der Waals surface area contributed by atoms with Gasteiger partial charge in [-0.2, -0.15) is 13.2 Å². The summed E-state index contributed by atoms with van der Waals surface area (Å²) < 4.78 is 40.6. The third kappa shape index (κ3) is 5.19. The van der Waals surface area contributed by atoms with Crippen molar-refractivity contribution in [3.63, 3.8) is 0 Å². The lowest BCUT2D eigenvalue weighted by Gasteiger charge is -2.38. The lowest BCUT2D eigenvalue weighted by molar-refractivity contribution is -0.144. The van der Waals surface area contributed by atoms with E-state index in [1.165, 1.54) is 18.2 Å². The number of nitrogens with zero attached hydrogens (tertiary/aromatic N) is 5. The van der Waals surface area contributed by atoms with Gasteiger partial charge in [0, 0.05) is 66.8 Å². The van der Waals surface area contributed by atoms with Crippen LogP contribution in [0, 0.1) is 0 Å². The minimum atomic E-state index is -4.71. The van der Waals surface area contributed by atoms with Crippen molar-refractivity contribution in [1.82, 2.24) is 19.8 Å². The number of fused-ring (bicyclic) bond motifs is 1. The van der Waals surface area contributed by atoms with Crippen LogP contribution in [0.5, 0.6) is 0 Å². The van der Waals surface area contributed by atoms with E-state index in [4.69, 9.17) is 17.3 Å². The molecule has 3 aromatic rings. The number of amides is 2. The van der Waals surface area contributed by atoms with Gasteiger partial charge >= 0.3 is 6.18 Å². The monoisotopic (exact) mass is 532 g/mol. The number of aromatic nitrogens is 2. The molecule has 0 unspecified atom stereocenters. The van der Waals surface area contributed by atoms with E-state index in [-0.39, 0.29) is 28.8 Å². The Morgan fingerprint density at radius 2 is 1.62 bits per heavy atom. The molecule has 5 rings (SSSR count). The largest absolute Gasteiger partial charge is 0.451 e. The number of hydrogen-bond donors (Lipinski definition) is 1. The van der Waals surface area contributed by atoms with Crippen LogP contribution in [-0.2, 0) is 6.18 Å². The zero-order valence-electron chi connectivity index (χ0n) is 19.7. The number of primary amides is 1. The van der Waals surface area contributed by atoms with Crippen LogP contribution in [0.3, 0.4) is 0 Å². The quantitative estimate of drug-likeness (QED) is 0.553. The topological polar surface area (TPSA) is 95.7 Å². The highest BCUT2D eigenvalue weighted by molar-refractivity contribution is 6.30. The van der Waals surface area contributed by atoms with E-state index in [0.717, 1.165) is 6.42 Å². The highest BCUT2D eigenvalue weighted by Crippen LogP contribution is 2.34. The lowest BCUT2D eigenvalue weighted by Crippen LogP contribution is -2.52. The Morgan fingerprint density at radius 1 is 0.946 bits per heavy atom. The Hall–Kier alpha value is -3.44. The molecule has 2 amide bonds. The van der Waals surface area contributed by atoms with Gasteiger partial charge in [-0.3, -0.25) is 14.5 Å². The average molecular weight is 533 g/mol. The molecule has 12 heteroatoms. The van der Waals surface area contributed by atoms with E-state index in [1.807, 2.05) is 0 Å². The summed E-state index contributed by atoms with van der Waals surface area (Å²) in [4.78, 5) is 37.9. The average Bonchev–Trinajstić information content (AvgIpc) is 3.37. The van der Waals surface area contributed by atoms with Crippen molar-refractivity contribution in [3.05, 3.63) is 64.4 Å². The standard InChI is InChI=1S/C25H24ClF3N6O2/c26-17-4-1-15(2-5-17)23(37)34-11-9-33(10-12-34)18-7-8-35(14-18)22-19-13-16(21(30)36)3-6-20(19)31-24(32-22)25(27,28)29/h1-6,13,18H,7-12,14H2,(H2,30,36)/t18-/m0/s1. The third-order valence-corrected chi connectivity index (χ3v) is 7.14. The van der Waals surface area contributed by atoms with Crippen molar-refractivity contribution in [1.29, 1.82) is 0 Å². The second-order valence-corrected chi connectivity index (χ2v) is 9.62. The summed E-state index contributed by atoms with van der Waals surface area (Å²) in [7, 11) is 0. The van der Waals surface area contributed by atoms with Gasteiger partial charge in [0.25, 0.3) is 5.91 Å². The van der Waals surface area contributed by atoms with Gasteiger partial charge in [0.2, 0.25) is 11.7 Å². The first-order valence-electron chi connectivity index (χ1n) is 11.8. The fourth-order valence-electron chi connectivity index (χ4n) is 4.93. The molecule has 2 fully saturated rings. The van der Waals surface area contributed by atoms with Gasteiger partial charge in [-0.25, -0.2) is 9.97 Å². The highest BCUT2D eigenvalue weighted by Gasteiger charge is 2.38. The van der Waals surface area contributed by atoms with Gasteiger partial charge in [0.1, 0.15) is 5.82 Å². The van der Waals surface area contributed by atoms with Crippen molar-refractivity contribution < 1.29 is 22.8 Å². The molecule has 37 heavy (non-hydrogen) atoms. The first-order chi connectivity index (χ1) is 17.6. The van der Waals surface area contributed by atoms with Crippen molar-refractivity contribution in [2.24, 2.45) is 5.73 Å². The van der Waals surface area contributed by atoms with Crippen LogP contribution in [0.4, 0.5) is 19.0 Å². The minimum Gasteiger partial charge on any atom is -0.366 e. The second kappa shape index (κ2) is 9.79. The number of piperazine rings is 1. The van der Waals surface area contributed by atoms with E-state index in [9.17, 15) is 22.8 Å². The number of benzene rings is 2. The predicted octanol–water partition coefficient (Wildman–Crippen LogP) is 3.44. The summed E-state index contributed by atoms with van der Waals surface area (Å²) in [5.74, 6) is -1.82. The summed E-state index contributed by atoms with van der Waals surface area (Å²) in [6, 6.07) is 11.0. The van der Waals surface area contributed by atoms with Crippen molar-refractivity contribution in [2.75, 3.05) is 44.2 Å². The second-order valence-electron chi connectivity index (χ2n) is 9.19. The molecule has 194 valence electrons. The van der Waals surface area contributed by atoms with Crippen LogP contribution in [0.1, 0.15) is 33.0 Å². The fraction of sp³-hybridized carbons (Fsp3) is 0.360. The molecule has 2 aromatic carbocycles.